The summed E-state index contributed by atoms with van der Waals surface area (Å²) in [5.74, 6) is 0.888. The quantitative estimate of drug-likeness (QED) is 0.709. The van der Waals surface area contributed by atoms with Gasteiger partial charge in [0.15, 0.2) is 0 Å². The number of pyridine rings is 1. The number of nitrogens with one attached hydrogen (secondary N) is 1. The van der Waals surface area contributed by atoms with Crippen LogP contribution >= 0.6 is 0 Å². The van der Waals surface area contributed by atoms with Crippen molar-refractivity contribution in [1.82, 2.24) is 14.7 Å². The molecule has 0 amide bonds. The van der Waals surface area contributed by atoms with E-state index in [0.29, 0.717) is 0 Å². The van der Waals surface area contributed by atoms with Crippen molar-refractivity contribution < 1.29 is 4.74 Å². The van der Waals surface area contributed by atoms with Crippen LogP contribution < -0.4 is 10.1 Å². The Balaban J connectivity index is 1.55. The third-order valence-corrected chi connectivity index (χ3v) is 3.67. The van der Waals surface area contributed by atoms with Gasteiger partial charge in [-0.05, 0) is 30.7 Å². The first-order valence-corrected chi connectivity index (χ1v) is 7.71. The molecule has 0 aliphatic rings. The van der Waals surface area contributed by atoms with E-state index in [4.69, 9.17) is 4.74 Å². The molecule has 0 bridgehead atoms. The first-order valence-electron chi connectivity index (χ1n) is 7.71. The lowest BCUT2D eigenvalue weighted by Crippen LogP contribution is -2.12. The number of hydrogen-bond donors (Lipinski definition) is 1. The molecule has 23 heavy (non-hydrogen) atoms. The highest BCUT2D eigenvalue weighted by atomic mass is 16.5. The molecule has 118 valence electrons. The summed E-state index contributed by atoms with van der Waals surface area (Å²) in [6.45, 7) is 3.61. The Morgan fingerprint density at radius 2 is 2.13 bits per heavy atom. The van der Waals surface area contributed by atoms with Gasteiger partial charge in [-0.1, -0.05) is 30.4 Å². The average molecular weight is 307 g/mol. The van der Waals surface area contributed by atoms with Crippen molar-refractivity contribution in [3.05, 3.63) is 71.7 Å². The molecule has 2 heterocycles. The normalized spacial score (nSPS) is 11.4. The van der Waals surface area contributed by atoms with Gasteiger partial charge in [-0.25, -0.2) is 4.98 Å². The minimum Gasteiger partial charge on any atom is -0.496 e. The van der Waals surface area contributed by atoms with E-state index in [9.17, 15) is 0 Å². The van der Waals surface area contributed by atoms with E-state index in [0.717, 1.165) is 35.7 Å². The standard InChI is InChI=1S/C19H21N3O/c1-15-9-11-22-14-17(21-19(22)12-15)13-20-10-5-7-16-6-3-4-8-18(16)23-2/h3-9,11-12,14,20H,10,13H2,1-2H3/b7-5+. The summed E-state index contributed by atoms with van der Waals surface area (Å²) in [4.78, 5) is 4.61. The molecule has 0 saturated heterocycles. The number of aryl methyl sites for hydroxylation is 1. The van der Waals surface area contributed by atoms with Crippen LogP contribution in [0.5, 0.6) is 5.75 Å². The number of benzene rings is 1. The van der Waals surface area contributed by atoms with Gasteiger partial charge in [-0.15, -0.1) is 0 Å². The van der Waals surface area contributed by atoms with Gasteiger partial charge in [0, 0.05) is 31.0 Å². The second-order valence-corrected chi connectivity index (χ2v) is 5.48. The first kappa shape index (κ1) is 15.3. The molecule has 1 N–H and O–H groups in total. The van der Waals surface area contributed by atoms with Crippen LogP contribution in [0.25, 0.3) is 11.7 Å². The number of ether oxygens (including phenoxy) is 1. The smallest absolute Gasteiger partial charge is 0.137 e. The van der Waals surface area contributed by atoms with Gasteiger partial charge in [0.25, 0.3) is 0 Å². The lowest BCUT2D eigenvalue weighted by Gasteiger charge is -2.03. The zero-order valence-corrected chi connectivity index (χ0v) is 13.5. The molecule has 4 heteroatoms. The van der Waals surface area contributed by atoms with Crippen LogP contribution in [0.3, 0.4) is 0 Å². The highest BCUT2D eigenvalue weighted by Gasteiger charge is 2.01. The fourth-order valence-electron chi connectivity index (χ4n) is 2.50. The third-order valence-electron chi connectivity index (χ3n) is 3.67. The summed E-state index contributed by atoms with van der Waals surface area (Å²) in [6, 6.07) is 12.2. The monoisotopic (exact) mass is 307 g/mol. The molecule has 0 saturated carbocycles. The summed E-state index contributed by atoms with van der Waals surface area (Å²) < 4.78 is 7.38. The summed E-state index contributed by atoms with van der Waals surface area (Å²) in [5.41, 5.74) is 4.34. The zero-order valence-electron chi connectivity index (χ0n) is 13.5. The topological polar surface area (TPSA) is 38.6 Å². The number of rotatable bonds is 6. The molecule has 0 fully saturated rings. The van der Waals surface area contributed by atoms with Gasteiger partial charge in [-0.3, -0.25) is 0 Å². The molecule has 0 atom stereocenters. The maximum atomic E-state index is 5.33. The highest BCUT2D eigenvalue weighted by Crippen LogP contribution is 2.18. The van der Waals surface area contributed by atoms with E-state index in [1.165, 1.54) is 5.56 Å². The van der Waals surface area contributed by atoms with Crippen LogP contribution in [0.2, 0.25) is 0 Å². The van der Waals surface area contributed by atoms with Gasteiger partial charge >= 0.3 is 0 Å². The van der Waals surface area contributed by atoms with Gasteiger partial charge in [0.1, 0.15) is 11.4 Å². The maximum absolute atomic E-state index is 5.33. The Bertz CT molecular complexity index is 820. The minimum atomic E-state index is 0.747. The van der Waals surface area contributed by atoms with Crippen molar-refractivity contribution in [2.75, 3.05) is 13.7 Å². The second kappa shape index (κ2) is 7.11. The number of imidazole rings is 1. The van der Waals surface area contributed by atoms with E-state index < -0.39 is 0 Å². The van der Waals surface area contributed by atoms with Crippen molar-refractivity contribution in [3.63, 3.8) is 0 Å². The van der Waals surface area contributed by atoms with Crippen molar-refractivity contribution in [2.45, 2.75) is 13.5 Å². The van der Waals surface area contributed by atoms with Crippen LogP contribution in [0.15, 0.2) is 54.9 Å². The fraction of sp³-hybridized carbons (Fsp3) is 0.211. The third kappa shape index (κ3) is 3.79. The van der Waals surface area contributed by atoms with Gasteiger partial charge in [-0.2, -0.15) is 0 Å². The number of nitrogens with zero attached hydrogens (tertiary/aromatic N) is 2. The summed E-state index contributed by atoms with van der Waals surface area (Å²) in [7, 11) is 1.69. The number of fused-ring (bicyclic) bond motifs is 1. The van der Waals surface area contributed by atoms with Gasteiger partial charge in [0.2, 0.25) is 0 Å². The second-order valence-electron chi connectivity index (χ2n) is 5.48. The Morgan fingerprint density at radius 3 is 3.00 bits per heavy atom. The Hall–Kier alpha value is -2.59. The Labute approximate surface area is 136 Å². The summed E-state index contributed by atoms with van der Waals surface area (Å²) in [5, 5.41) is 3.38. The van der Waals surface area contributed by atoms with Crippen molar-refractivity contribution in [2.24, 2.45) is 0 Å². The predicted molar refractivity (Wildman–Crippen MR) is 93.7 cm³/mol. The van der Waals surface area contributed by atoms with E-state index in [1.807, 2.05) is 30.5 Å². The van der Waals surface area contributed by atoms with Crippen molar-refractivity contribution in [3.8, 4) is 5.75 Å². The van der Waals surface area contributed by atoms with Gasteiger partial charge < -0.3 is 14.5 Å². The number of hydrogen-bond acceptors (Lipinski definition) is 3. The lowest BCUT2D eigenvalue weighted by molar-refractivity contribution is 0.414. The fourth-order valence-corrected chi connectivity index (χ4v) is 2.50. The molecule has 4 nitrogen and oxygen atoms in total. The zero-order chi connectivity index (χ0) is 16.1. The largest absolute Gasteiger partial charge is 0.496 e. The molecule has 2 aromatic heterocycles. The summed E-state index contributed by atoms with van der Waals surface area (Å²) in [6.07, 6.45) is 8.27. The molecule has 0 aliphatic heterocycles. The molecule has 0 aliphatic carbocycles. The van der Waals surface area contributed by atoms with E-state index in [1.54, 1.807) is 7.11 Å². The van der Waals surface area contributed by atoms with Crippen molar-refractivity contribution >= 4 is 11.7 Å². The number of para-hydroxylation sites is 1. The van der Waals surface area contributed by atoms with Gasteiger partial charge in [0.05, 0.1) is 12.8 Å². The Morgan fingerprint density at radius 1 is 1.26 bits per heavy atom. The molecular formula is C19H21N3O. The SMILES string of the molecule is COc1ccccc1/C=C/CNCc1cn2ccc(C)cc2n1. The molecular weight excluding hydrogens is 286 g/mol. The van der Waals surface area contributed by atoms with Crippen molar-refractivity contribution in [1.29, 1.82) is 0 Å². The number of aromatic nitrogens is 2. The molecule has 3 rings (SSSR count). The highest BCUT2D eigenvalue weighted by molar-refractivity contribution is 5.57. The van der Waals surface area contributed by atoms with E-state index >= 15 is 0 Å². The predicted octanol–water partition coefficient (Wildman–Crippen LogP) is 3.45. The first-order chi connectivity index (χ1) is 11.3. The van der Waals surface area contributed by atoms with E-state index in [2.05, 4.69) is 52.1 Å². The molecule has 0 unspecified atom stereocenters. The molecule has 0 spiro atoms. The van der Waals surface area contributed by atoms with E-state index in [-0.39, 0.29) is 0 Å². The van der Waals surface area contributed by atoms with Crippen LogP contribution in [0, 0.1) is 6.92 Å². The molecule has 0 radical (unpaired) electrons. The lowest BCUT2D eigenvalue weighted by atomic mass is 10.2. The van der Waals surface area contributed by atoms with Crippen LogP contribution in [-0.2, 0) is 6.54 Å². The maximum Gasteiger partial charge on any atom is 0.137 e. The average Bonchev–Trinajstić information content (AvgIpc) is 2.96. The van der Waals surface area contributed by atoms with Crippen LogP contribution in [0.4, 0.5) is 0 Å². The molecule has 1 aromatic carbocycles. The van der Waals surface area contributed by atoms with Crippen LogP contribution in [-0.4, -0.2) is 23.0 Å². The summed E-state index contributed by atoms with van der Waals surface area (Å²) >= 11 is 0. The minimum absolute atomic E-state index is 0.747. The van der Waals surface area contributed by atoms with Crippen LogP contribution in [0.1, 0.15) is 16.8 Å². The molecule has 3 aromatic rings. The Kier molecular flexibility index (Phi) is 4.74. The number of methoxy groups -OCH3 is 1.